The van der Waals surface area contributed by atoms with Crippen LogP contribution in [0, 0.1) is 5.41 Å². The van der Waals surface area contributed by atoms with Gasteiger partial charge in [0.2, 0.25) is 10.0 Å². The van der Waals surface area contributed by atoms with Gasteiger partial charge in [-0.15, -0.1) is 0 Å². The number of hydrogen-bond donors (Lipinski definition) is 2. The summed E-state index contributed by atoms with van der Waals surface area (Å²) in [5.74, 6) is 0.498. The van der Waals surface area contributed by atoms with Gasteiger partial charge in [-0.1, -0.05) is 44.2 Å². The average molecular weight is 591 g/mol. The van der Waals surface area contributed by atoms with Crippen LogP contribution in [-0.2, 0) is 26.0 Å². The summed E-state index contributed by atoms with van der Waals surface area (Å²) in [5.41, 5.74) is 0.208. The molecule has 0 radical (unpaired) electrons. The van der Waals surface area contributed by atoms with Gasteiger partial charge in [0.25, 0.3) is 0 Å². The maximum atomic E-state index is 14.0. The van der Waals surface area contributed by atoms with Crippen molar-refractivity contribution in [3.8, 4) is 5.75 Å². The molecule has 0 aliphatic carbocycles. The standard InChI is InChI=1S/C30H42N2O8S/c1-22(33)14-16-30(2,3)21-31(41(37,38)26-12-10-25(39-4)11-13-26)19-28(34)27(18-23-8-6-5-7-9-23)32(29(35)36)24-15-17-40-20-24/h5-13,24,27-28,34H,14-21H2,1-4H3,(H,35,36)/t24-,27-,28+/m0/s1. The van der Waals surface area contributed by atoms with Crippen LogP contribution in [0.1, 0.15) is 45.6 Å². The molecule has 11 heteroatoms. The Bertz CT molecular complexity index is 1250. The topological polar surface area (TPSA) is 134 Å². The highest BCUT2D eigenvalue weighted by atomic mass is 32.2. The summed E-state index contributed by atoms with van der Waals surface area (Å²) < 4.78 is 39.8. The first kappa shape index (κ1) is 32.5. The van der Waals surface area contributed by atoms with E-state index in [1.54, 1.807) is 12.1 Å². The lowest BCUT2D eigenvalue weighted by Gasteiger charge is -2.39. The lowest BCUT2D eigenvalue weighted by molar-refractivity contribution is -0.117. The first-order valence-corrected chi connectivity index (χ1v) is 15.2. The molecule has 1 fully saturated rings. The zero-order valence-electron chi connectivity index (χ0n) is 24.2. The molecule has 1 amide bonds. The molecule has 0 spiro atoms. The van der Waals surface area contributed by atoms with Gasteiger partial charge in [-0.05, 0) is 61.4 Å². The second-order valence-electron chi connectivity index (χ2n) is 11.4. The Morgan fingerprint density at radius 3 is 2.32 bits per heavy atom. The van der Waals surface area contributed by atoms with Crippen LogP contribution in [0.3, 0.4) is 0 Å². The van der Waals surface area contributed by atoms with Gasteiger partial charge in [0.1, 0.15) is 11.5 Å². The highest BCUT2D eigenvalue weighted by Crippen LogP contribution is 2.30. The first-order chi connectivity index (χ1) is 19.3. The number of rotatable bonds is 15. The van der Waals surface area contributed by atoms with Crippen LogP contribution in [0.15, 0.2) is 59.5 Å². The van der Waals surface area contributed by atoms with Crippen LogP contribution < -0.4 is 4.74 Å². The molecule has 226 valence electrons. The molecule has 10 nitrogen and oxygen atoms in total. The number of carboxylic acid groups (broad SMARTS) is 1. The molecular weight excluding hydrogens is 548 g/mol. The SMILES string of the molecule is COc1ccc(S(=O)(=O)N(C[C@@H](O)[C@H](Cc2ccccc2)N(C(=O)O)[C@H]2CCOC2)CC(C)(C)CCC(C)=O)cc1. The Hall–Kier alpha value is -2.99. The number of ketones is 1. The summed E-state index contributed by atoms with van der Waals surface area (Å²) in [6.07, 6.45) is -1.15. The number of benzene rings is 2. The number of aliphatic hydroxyl groups is 1. The number of ether oxygens (including phenoxy) is 2. The fourth-order valence-corrected chi connectivity index (χ4v) is 6.78. The third-order valence-electron chi connectivity index (χ3n) is 7.46. The van der Waals surface area contributed by atoms with Crippen molar-refractivity contribution in [2.75, 3.05) is 33.4 Å². The Kier molecular flexibility index (Phi) is 11.3. The number of aliphatic hydroxyl groups excluding tert-OH is 1. The minimum absolute atomic E-state index is 0.00137. The molecule has 3 rings (SSSR count). The Morgan fingerprint density at radius 1 is 1.12 bits per heavy atom. The molecule has 0 unspecified atom stereocenters. The van der Waals surface area contributed by atoms with E-state index in [0.717, 1.165) is 5.56 Å². The largest absolute Gasteiger partial charge is 0.497 e. The molecule has 1 aliphatic rings. The van der Waals surface area contributed by atoms with Crippen molar-refractivity contribution in [2.24, 2.45) is 5.41 Å². The molecular formula is C30H42N2O8S. The molecule has 0 bridgehead atoms. The third kappa shape index (κ3) is 9.00. The van der Waals surface area contributed by atoms with E-state index in [9.17, 15) is 28.2 Å². The second kappa shape index (κ2) is 14.3. The van der Waals surface area contributed by atoms with Gasteiger partial charge in [0.05, 0.1) is 36.8 Å². The monoisotopic (exact) mass is 590 g/mol. The van der Waals surface area contributed by atoms with Crippen LogP contribution in [0.2, 0.25) is 0 Å². The van der Waals surface area contributed by atoms with Gasteiger partial charge in [-0.2, -0.15) is 4.31 Å². The van der Waals surface area contributed by atoms with Crippen molar-refractivity contribution in [2.45, 2.75) is 69.5 Å². The highest BCUT2D eigenvalue weighted by molar-refractivity contribution is 7.89. The summed E-state index contributed by atoms with van der Waals surface area (Å²) in [6, 6.07) is 13.8. The first-order valence-electron chi connectivity index (χ1n) is 13.8. The Balaban J connectivity index is 2.00. The summed E-state index contributed by atoms with van der Waals surface area (Å²) in [6.45, 7) is 5.53. The number of sulfonamides is 1. The summed E-state index contributed by atoms with van der Waals surface area (Å²) in [4.78, 5) is 25.5. The average Bonchev–Trinajstić information content (AvgIpc) is 3.46. The summed E-state index contributed by atoms with van der Waals surface area (Å²) in [5, 5.41) is 21.9. The van der Waals surface area contributed by atoms with Crippen molar-refractivity contribution in [3.63, 3.8) is 0 Å². The molecule has 1 saturated heterocycles. The summed E-state index contributed by atoms with van der Waals surface area (Å²) in [7, 11) is -2.64. The van der Waals surface area contributed by atoms with Crippen molar-refractivity contribution in [1.82, 2.24) is 9.21 Å². The normalized spacial score (nSPS) is 17.3. The zero-order chi connectivity index (χ0) is 30.2. The van der Waals surface area contributed by atoms with Crippen molar-refractivity contribution < 1.29 is 37.7 Å². The van der Waals surface area contributed by atoms with Gasteiger partial charge in [0.15, 0.2) is 0 Å². The third-order valence-corrected chi connectivity index (χ3v) is 9.28. The van der Waals surface area contributed by atoms with E-state index < -0.39 is 39.7 Å². The van der Waals surface area contributed by atoms with E-state index in [-0.39, 0.29) is 43.2 Å². The quantitative estimate of drug-likeness (QED) is 0.320. The van der Waals surface area contributed by atoms with E-state index in [2.05, 4.69) is 0 Å². The summed E-state index contributed by atoms with van der Waals surface area (Å²) >= 11 is 0. The van der Waals surface area contributed by atoms with E-state index in [1.165, 1.54) is 35.4 Å². The van der Waals surface area contributed by atoms with Crippen LogP contribution in [0.5, 0.6) is 5.75 Å². The molecule has 3 atom stereocenters. The van der Waals surface area contributed by atoms with Gasteiger partial charge >= 0.3 is 6.09 Å². The van der Waals surface area contributed by atoms with E-state index in [0.29, 0.717) is 25.2 Å². The zero-order valence-corrected chi connectivity index (χ0v) is 25.0. The van der Waals surface area contributed by atoms with E-state index in [4.69, 9.17) is 9.47 Å². The van der Waals surface area contributed by atoms with Gasteiger partial charge in [-0.25, -0.2) is 13.2 Å². The van der Waals surface area contributed by atoms with Crippen LogP contribution in [0.4, 0.5) is 4.79 Å². The number of Topliss-reactive ketones (excluding diaryl/α,β-unsaturated/α-hetero) is 1. The molecule has 2 aromatic carbocycles. The Labute approximate surface area is 242 Å². The number of methoxy groups -OCH3 is 1. The minimum Gasteiger partial charge on any atom is -0.497 e. The maximum absolute atomic E-state index is 14.0. The fourth-order valence-electron chi connectivity index (χ4n) is 5.13. The Morgan fingerprint density at radius 2 is 1.78 bits per heavy atom. The van der Waals surface area contributed by atoms with Gasteiger partial charge < -0.3 is 24.5 Å². The lowest BCUT2D eigenvalue weighted by atomic mass is 9.87. The number of carbonyl (C=O) groups excluding carboxylic acids is 1. The number of hydrogen-bond acceptors (Lipinski definition) is 7. The van der Waals surface area contributed by atoms with Crippen molar-refractivity contribution >= 4 is 21.9 Å². The van der Waals surface area contributed by atoms with Crippen LogP contribution in [-0.4, -0.2) is 91.3 Å². The van der Waals surface area contributed by atoms with Gasteiger partial charge in [-0.3, -0.25) is 4.90 Å². The smallest absolute Gasteiger partial charge is 0.407 e. The molecule has 1 aliphatic heterocycles. The van der Waals surface area contributed by atoms with E-state index >= 15 is 0 Å². The molecule has 2 aromatic rings. The highest BCUT2D eigenvalue weighted by Gasteiger charge is 2.40. The van der Waals surface area contributed by atoms with Gasteiger partial charge in [0, 0.05) is 26.1 Å². The fraction of sp³-hybridized carbons (Fsp3) is 0.533. The predicted molar refractivity (Wildman–Crippen MR) is 154 cm³/mol. The van der Waals surface area contributed by atoms with Crippen molar-refractivity contribution in [1.29, 1.82) is 0 Å². The molecule has 0 aromatic heterocycles. The second-order valence-corrected chi connectivity index (χ2v) is 13.3. The minimum atomic E-state index is -4.12. The lowest BCUT2D eigenvalue weighted by Crippen LogP contribution is -2.56. The molecule has 0 saturated carbocycles. The van der Waals surface area contributed by atoms with Crippen LogP contribution in [0.25, 0.3) is 0 Å². The number of carbonyl (C=O) groups is 2. The molecule has 2 N–H and O–H groups in total. The maximum Gasteiger partial charge on any atom is 0.407 e. The van der Waals surface area contributed by atoms with Crippen LogP contribution >= 0.6 is 0 Å². The predicted octanol–water partition coefficient (Wildman–Crippen LogP) is 3.82. The molecule has 41 heavy (non-hydrogen) atoms. The number of nitrogens with zero attached hydrogens (tertiary/aromatic N) is 2. The molecule has 1 heterocycles. The van der Waals surface area contributed by atoms with E-state index in [1.807, 2.05) is 44.2 Å². The number of amides is 1. The van der Waals surface area contributed by atoms with Crippen molar-refractivity contribution in [3.05, 3.63) is 60.2 Å².